The van der Waals surface area contributed by atoms with E-state index in [1.165, 1.54) is 37.3 Å². The molecule has 3 aromatic carbocycles. The third kappa shape index (κ3) is 7.71. The molecule has 0 aromatic heterocycles. The Labute approximate surface area is 247 Å². The summed E-state index contributed by atoms with van der Waals surface area (Å²) in [5.41, 5.74) is 0.907. The van der Waals surface area contributed by atoms with E-state index in [9.17, 15) is 18.0 Å². The molecule has 2 atom stereocenters. The number of nitrogens with zero attached hydrogens (tertiary/aromatic N) is 2. The zero-order chi connectivity index (χ0) is 30.2. The summed E-state index contributed by atoms with van der Waals surface area (Å²) < 4.78 is 39.6. The predicted molar refractivity (Wildman–Crippen MR) is 160 cm³/mol. The molecule has 0 heterocycles. The van der Waals surface area contributed by atoms with Gasteiger partial charge >= 0.3 is 0 Å². The highest BCUT2D eigenvalue weighted by atomic mass is 35.5. The Hall–Kier alpha value is -3.76. The third-order valence-corrected chi connectivity index (χ3v) is 8.87. The van der Waals surface area contributed by atoms with Crippen molar-refractivity contribution >= 4 is 39.1 Å². The normalized spacial score (nSPS) is 12.6. The Morgan fingerprint density at radius 1 is 0.927 bits per heavy atom. The fraction of sp³-hybridized carbons (Fsp3) is 0.333. The van der Waals surface area contributed by atoms with Gasteiger partial charge in [0.05, 0.1) is 24.8 Å². The average molecular weight is 602 g/mol. The highest BCUT2D eigenvalue weighted by molar-refractivity contribution is 7.92. The third-order valence-electron chi connectivity index (χ3n) is 6.73. The molecule has 0 aliphatic rings. The van der Waals surface area contributed by atoms with Crippen molar-refractivity contribution in [1.82, 2.24) is 10.2 Å². The Kier molecular flexibility index (Phi) is 11.0. The lowest BCUT2D eigenvalue weighted by Crippen LogP contribution is -2.52. The van der Waals surface area contributed by atoms with Gasteiger partial charge in [-0.3, -0.25) is 13.9 Å². The van der Waals surface area contributed by atoms with Gasteiger partial charge in [0.1, 0.15) is 12.6 Å². The molecule has 1 N–H and O–H groups in total. The molecule has 11 heteroatoms. The first-order valence-corrected chi connectivity index (χ1v) is 15.0. The van der Waals surface area contributed by atoms with Crippen LogP contribution in [-0.4, -0.2) is 58.0 Å². The average Bonchev–Trinajstić information content (AvgIpc) is 2.98. The van der Waals surface area contributed by atoms with E-state index in [0.29, 0.717) is 22.8 Å². The topological polar surface area (TPSA) is 105 Å². The monoisotopic (exact) mass is 601 g/mol. The van der Waals surface area contributed by atoms with Crippen molar-refractivity contribution in [3.05, 3.63) is 83.4 Å². The van der Waals surface area contributed by atoms with Crippen molar-refractivity contribution in [1.29, 1.82) is 0 Å². The molecule has 9 nitrogen and oxygen atoms in total. The second-order valence-electron chi connectivity index (χ2n) is 9.47. The fourth-order valence-corrected chi connectivity index (χ4v) is 5.71. The number of hydrogen-bond donors (Lipinski definition) is 1. The first kappa shape index (κ1) is 31.8. The van der Waals surface area contributed by atoms with Gasteiger partial charge in [0.25, 0.3) is 10.0 Å². The molecule has 220 valence electrons. The van der Waals surface area contributed by atoms with Crippen LogP contribution < -0.4 is 19.1 Å². The van der Waals surface area contributed by atoms with Crippen molar-refractivity contribution in [2.45, 2.75) is 50.7 Å². The second-order valence-corrected chi connectivity index (χ2v) is 11.7. The van der Waals surface area contributed by atoms with Crippen LogP contribution in [0.5, 0.6) is 11.5 Å². The van der Waals surface area contributed by atoms with Crippen molar-refractivity contribution in [2.75, 3.05) is 25.1 Å². The molecular formula is C30H36ClN3O6S. The van der Waals surface area contributed by atoms with Crippen LogP contribution in [0.3, 0.4) is 0 Å². The maximum Gasteiger partial charge on any atom is 0.264 e. The number of ether oxygens (including phenoxy) is 2. The lowest BCUT2D eigenvalue weighted by atomic mass is 10.1. The molecule has 41 heavy (non-hydrogen) atoms. The number of rotatable bonds is 13. The van der Waals surface area contributed by atoms with E-state index < -0.39 is 28.5 Å². The van der Waals surface area contributed by atoms with Crippen LogP contribution in [0, 0.1) is 0 Å². The molecule has 0 fully saturated rings. The van der Waals surface area contributed by atoms with Crippen molar-refractivity contribution in [3.8, 4) is 11.5 Å². The van der Waals surface area contributed by atoms with Crippen LogP contribution in [0.2, 0.25) is 5.02 Å². The maximum atomic E-state index is 14.0. The maximum absolute atomic E-state index is 14.0. The van der Waals surface area contributed by atoms with Gasteiger partial charge in [-0.15, -0.1) is 0 Å². The summed E-state index contributed by atoms with van der Waals surface area (Å²) in [4.78, 5) is 28.4. The van der Waals surface area contributed by atoms with Gasteiger partial charge < -0.3 is 19.7 Å². The predicted octanol–water partition coefficient (Wildman–Crippen LogP) is 4.88. The number of para-hydroxylation sites is 1. The minimum Gasteiger partial charge on any atom is -0.493 e. The van der Waals surface area contributed by atoms with Crippen LogP contribution in [-0.2, 0) is 26.2 Å². The Morgan fingerprint density at radius 2 is 1.56 bits per heavy atom. The number of amides is 2. The Balaban J connectivity index is 2.05. The van der Waals surface area contributed by atoms with E-state index >= 15 is 0 Å². The molecule has 0 spiro atoms. The quantitative estimate of drug-likeness (QED) is 0.299. The van der Waals surface area contributed by atoms with E-state index in [1.54, 1.807) is 61.5 Å². The van der Waals surface area contributed by atoms with E-state index in [2.05, 4.69) is 5.32 Å². The van der Waals surface area contributed by atoms with Gasteiger partial charge in [-0.25, -0.2) is 8.42 Å². The molecule has 0 saturated heterocycles. The minimum absolute atomic E-state index is 0.00658. The van der Waals surface area contributed by atoms with Gasteiger partial charge in [0.15, 0.2) is 11.5 Å². The van der Waals surface area contributed by atoms with Crippen molar-refractivity contribution in [2.24, 2.45) is 0 Å². The molecule has 3 rings (SSSR count). The van der Waals surface area contributed by atoms with Gasteiger partial charge in [0, 0.05) is 23.7 Å². The number of carbonyl (C=O) groups excluding carboxylic acids is 2. The highest BCUT2D eigenvalue weighted by Crippen LogP contribution is 2.32. The van der Waals surface area contributed by atoms with Gasteiger partial charge in [-0.05, 0) is 56.2 Å². The molecule has 0 radical (unpaired) electrons. The molecule has 0 aliphatic heterocycles. The number of sulfonamides is 1. The van der Waals surface area contributed by atoms with Gasteiger partial charge in [0.2, 0.25) is 11.8 Å². The standard InChI is InChI=1S/C30H36ClN3O6S/c1-6-21(2)32-30(36)22(3)33(19-23-12-10-11-15-26(23)31)29(35)20-34(24-13-8-7-9-14-24)41(37,38)25-16-17-27(39-4)28(18-25)40-5/h7-18,21-22H,6,19-20H2,1-5H3,(H,32,36)/t21-,22-/m1/s1. The fourth-order valence-electron chi connectivity index (χ4n) is 4.09. The molecule has 0 saturated carbocycles. The summed E-state index contributed by atoms with van der Waals surface area (Å²) in [6, 6.07) is 18.5. The molecule has 0 unspecified atom stereocenters. The van der Waals surface area contributed by atoms with Crippen molar-refractivity contribution in [3.63, 3.8) is 0 Å². The van der Waals surface area contributed by atoms with Gasteiger partial charge in [-0.1, -0.05) is 54.9 Å². The summed E-state index contributed by atoms with van der Waals surface area (Å²) in [6.45, 7) is 4.87. The molecule has 0 aliphatic carbocycles. The van der Waals surface area contributed by atoms with Crippen LogP contribution in [0.4, 0.5) is 5.69 Å². The van der Waals surface area contributed by atoms with E-state index in [1.807, 2.05) is 13.8 Å². The van der Waals surface area contributed by atoms with E-state index in [0.717, 1.165) is 4.31 Å². The summed E-state index contributed by atoms with van der Waals surface area (Å²) in [7, 11) is -1.41. The van der Waals surface area contributed by atoms with Crippen molar-refractivity contribution < 1.29 is 27.5 Å². The zero-order valence-corrected chi connectivity index (χ0v) is 25.4. The number of carbonyl (C=O) groups is 2. The minimum atomic E-state index is -4.27. The summed E-state index contributed by atoms with van der Waals surface area (Å²) in [5.74, 6) is -0.345. The zero-order valence-electron chi connectivity index (χ0n) is 23.8. The van der Waals surface area contributed by atoms with Gasteiger partial charge in [-0.2, -0.15) is 0 Å². The molecular weight excluding hydrogens is 566 g/mol. The van der Waals surface area contributed by atoms with Crippen LogP contribution in [0.15, 0.2) is 77.7 Å². The molecule has 3 aromatic rings. The van der Waals surface area contributed by atoms with Crippen LogP contribution >= 0.6 is 11.6 Å². The summed E-state index contributed by atoms with van der Waals surface area (Å²) in [6.07, 6.45) is 0.711. The lowest BCUT2D eigenvalue weighted by Gasteiger charge is -2.32. The number of anilines is 1. The smallest absolute Gasteiger partial charge is 0.264 e. The van der Waals surface area contributed by atoms with E-state index in [-0.39, 0.29) is 34.8 Å². The first-order valence-electron chi connectivity index (χ1n) is 13.2. The largest absolute Gasteiger partial charge is 0.493 e. The molecule has 0 bridgehead atoms. The Morgan fingerprint density at radius 3 is 2.17 bits per heavy atom. The first-order chi connectivity index (χ1) is 19.5. The number of hydrogen-bond acceptors (Lipinski definition) is 6. The molecule has 2 amide bonds. The van der Waals surface area contributed by atoms with Crippen LogP contribution in [0.1, 0.15) is 32.8 Å². The Bertz CT molecular complexity index is 1450. The number of halogens is 1. The summed E-state index contributed by atoms with van der Waals surface area (Å²) >= 11 is 6.40. The lowest BCUT2D eigenvalue weighted by molar-refractivity contribution is -0.139. The number of methoxy groups -OCH3 is 2. The van der Waals surface area contributed by atoms with Crippen LogP contribution in [0.25, 0.3) is 0 Å². The van der Waals surface area contributed by atoms with E-state index in [4.69, 9.17) is 21.1 Å². The summed E-state index contributed by atoms with van der Waals surface area (Å²) in [5, 5.41) is 3.33. The second kappa shape index (κ2) is 14.2. The SMILES string of the molecule is CC[C@@H](C)NC(=O)[C@@H](C)N(Cc1ccccc1Cl)C(=O)CN(c1ccccc1)S(=O)(=O)c1ccc(OC)c(OC)c1. The highest BCUT2D eigenvalue weighted by Gasteiger charge is 2.33. The number of benzene rings is 3. The number of nitrogens with one attached hydrogen (secondary N) is 1.